The lowest BCUT2D eigenvalue weighted by atomic mass is 10.0. The lowest BCUT2D eigenvalue weighted by Gasteiger charge is -2.24. The minimum atomic E-state index is -3.67. The number of nitrogens with zero attached hydrogens (tertiary/aromatic N) is 3. The number of amides is 1. The molecule has 0 bridgehead atoms. The van der Waals surface area contributed by atoms with Gasteiger partial charge in [-0.3, -0.25) is 4.79 Å². The Labute approximate surface area is 164 Å². The second kappa shape index (κ2) is 8.10. The van der Waals surface area contributed by atoms with Crippen molar-refractivity contribution in [1.82, 2.24) is 0 Å². The van der Waals surface area contributed by atoms with Crippen molar-refractivity contribution >= 4 is 33.1 Å². The average molecular weight is 399 g/mol. The fourth-order valence-electron chi connectivity index (χ4n) is 2.74. The first kappa shape index (κ1) is 20.9. The van der Waals surface area contributed by atoms with Gasteiger partial charge < -0.3 is 16.4 Å². The molecule has 0 fully saturated rings. The van der Waals surface area contributed by atoms with Crippen LogP contribution in [0.2, 0.25) is 0 Å². The van der Waals surface area contributed by atoms with Crippen molar-refractivity contribution in [3.05, 3.63) is 53.1 Å². The Morgan fingerprint density at radius 3 is 2.29 bits per heavy atom. The van der Waals surface area contributed by atoms with Crippen LogP contribution in [0.4, 0.5) is 11.4 Å². The van der Waals surface area contributed by atoms with E-state index in [1.807, 2.05) is 13.0 Å². The molecule has 8 nitrogen and oxygen atoms in total. The standard InChI is InChI=1S/C19H21N5O3S/c1-4-13-9-16(24(2)14-7-5-12(11-20)6-8-14)17(28(3,26)27)10-15(13)18(25)23-19(21)22/h5-10H,4H2,1-3H3,(H4,21,22,23,25). The molecule has 4 N–H and O–H groups in total. The van der Waals surface area contributed by atoms with Gasteiger partial charge in [0.1, 0.15) is 0 Å². The summed E-state index contributed by atoms with van der Waals surface area (Å²) in [5.41, 5.74) is 12.9. The number of nitrogens with two attached hydrogens (primary N) is 2. The molecule has 0 aliphatic carbocycles. The molecule has 0 unspecified atom stereocenters. The van der Waals surface area contributed by atoms with Crippen molar-refractivity contribution in [2.75, 3.05) is 18.2 Å². The first-order valence-corrected chi connectivity index (χ1v) is 10.2. The van der Waals surface area contributed by atoms with Gasteiger partial charge in [0.2, 0.25) is 0 Å². The van der Waals surface area contributed by atoms with Gasteiger partial charge in [-0.2, -0.15) is 10.3 Å². The monoisotopic (exact) mass is 399 g/mol. The maximum Gasteiger partial charge on any atom is 0.280 e. The van der Waals surface area contributed by atoms with Gasteiger partial charge in [0, 0.05) is 24.6 Å². The van der Waals surface area contributed by atoms with Gasteiger partial charge in [0.25, 0.3) is 5.91 Å². The molecular weight excluding hydrogens is 378 g/mol. The van der Waals surface area contributed by atoms with E-state index in [9.17, 15) is 13.2 Å². The van der Waals surface area contributed by atoms with Crippen molar-refractivity contribution < 1.29 is 13.2 Å². The van der Waals surface area contributed by atoms with Crippen LogP contribution in [0.1, 0.15) is 28.4 Å². The Morgan fingerprint density at radius 2 is 1.82 bits per heavy atom. The van der Waals surface area contributed by atoms with E-state index in [4.69, 9.17) is 16.7 Å². The summed E-state index contributed by atoms with van der Waals surface area (Å²) >= 11 is 0. The molecule has 0 heterocycles. The number of nitriles is 1. The number of aliphatic imine (C=N–C) groups is 1. The second-order valence-electron chi connectivity index (χ2n) is 6.16. The number of aryl methyl sites for hydroxylation is 1. The van der Waals surface area contributed by atoms with Crippen LogP contribution >= 0.6 is 0 Å². The van der Waals surface area contributed by atoms with Crippen molar-refractivity contribution in [2.45, 2.75) is 18.2 Å². The topological polar surface area (TPSA) is 143 Å². The zero-order valence-corrected chi connectivity index (χ0v) is 16.6. The van der Waals surface area contributed by atoms with E-state index in [-0.39, 0.29) is 10.5 Å². The van der Waals surface area contributed by atoms with Gasteiger partial charge in [-0.05, 0) is 48.4 Å². The van der Waals surface area contributed by atoms with Crippen molar-refractivity contribution in [2.24, 2.45) is 16.5 Å². The Balaban J connectivity index is 2.70. The molecule has 0 spiro atoms. The molecule has 0 atom stereocenters. The van der Waals surface area contributed by atoms with Crippen molar-refractivity contribution in [3.63, 3.8) is 0 Å². The minimum Gasteiger partial charge on any atom is -0.370 e. The summed E-state index contributed by atoms with van der Waals surface area (Å²) in [6, 6.07) is 11.7. The van der Waals surface area contributed by atoms with E-state index in [1.54, 1.807) is 42.3 Å². The van der Waals surface area contributed by atoms with Crippen LogP contribution in [0.15, 0.2) is 46.3 Å². The van der Waals surface area contributed by atoms with Crippen LogP contribution < -0.4 is 16.4 Å². The maximum atomic E-state index is 12.4. The Hall–Kier alpha value is -3.38. The Kier molecular flexibility index (Phi) is 6.06. The number of carbonyl (C=O) groups is 1. The van der Waals surface area contributed by atoms with Crippen LogP contribution in [0.5, 0.6) is 0 Å². The van der Waals surface area contributed by atoms with Gasteiger partial charge in [-0.1, -0.05) is 6.92 Å². The highest BCUT2D eigenvalue weighted by Crippen LogP contribution is 2.33. The quantitative estimate of drug-likeness (QED) is 0.575. The first-order chi connectivity index (χ1) is 13.1. The predicted molar refractivity (Wildman–Crippen MR) is 108 cm³/mol. The molecule has 146 valence electrons. The van der Waals surface area contributed by atoms with E-state index >= 15 is 0 Å². The molecule has 9 heteroatoms. The molecule has 28 heavy (non-hydrogen) atoms. The molecule has 0 saturated heterocycles. The highest BCUT2D eigenvalue weighted by Gasteiger charge is 2.23. The van der Waals surface area contributed by atoms with Crippen molar-refractivity contribution in [3.8, 4) is 6.07 Å². The Bertz CT molecular complexity index is 1080. The summed E-state index contributed by atoms with van der Waals surface area (Å²) in [6.07, 6.45) is 1.54. The van der Waals surface area contributed by atoms with E-state index in [0.717, 1.165) is 6.26 Å². The summed E-state index contributed by atoms with van der Waals surface area (Å²) in [5, 5.41) is 8.94. The number of anilines is 2. The molecule has 0 saturated carbocycles. The van der Waals surface area contributed by atoms with E-state index < -0.39 is 21.7 Å². The largest absolute Gasteiger partial charge is 0.370 e. The maximum absolute atomic E-state index is 12.4. The summed E-state index contributed by atoms with van der Waals surface area (Å²) in [4.78, 5) is 17.5. The first-order valence-electron chi connectivity index (χ1n) is 8.33. The third-order valence-electron chi connectivity index (χ3n) is 4.17. The molecule has 2 aromatic rings. The smallest absolute Gasteiger partial charge is 0.280 e. The summed E-state index contributed by atoms with van der Waals surface area (Å²) in [7, 11) is -1.96. The van der Waals surface area contributed by atoms with Crippen molar-refractivity contribution in [1.29, 1.82) is 5.26 Å². The highest BCUT2D eigenvalue weighted by molar-refractivity contribution is 7.90. The summed E-state index contributed by atoms with van der Waals surface area (Å²) in [5.74, 6) is -1.10. The molecule has 0 aliphatic heterocycles. The zero-order chi connectivity index (χ0) is 21.1. The highest BCUT2D eigenvalue weighted by atomic mass is 32.2. The van der Waals surface area contributed by atoms with Gasteiger partial charge in [-0.15, -0.1) is 0 Å². The zero-order valence-electron chi connectivity index (χ0n) is 15.8. The van der Waals surface area contributed by atoms with Gasteiger partial charge in [-0.25, -0.2) is 8.42 Å². The number of sulfone groups is 1. The van der Waals surface area contributed by atoms with Gasteiger partial charge >= 0.3 is 0 Å². The normalized spacial score (nSPS) is 10.8. The summed E-state index contributed by atoms with van der Waals surface area (Å²) in [6.45, 7) is 1.84. The van der Waals surface area contributed by atoms with Crippen LogP contribution in [0.25, 0.3) is 0 Å². The SMILES string of the molecule is CCc1cc(N(C)c2ccc(C#N)cc2)c(S(C)(=O)=O)cc1C(=O)N=C(N)N. The lowest BCUT2D eigenvalue weighted by Crippen LogP contribution is -2.24. The van der Waals surface area contributed by atoms with Crippen LogP contribution in [-0.4, -0.2) is 33.6 Å². The number of rotatable bonds is 5. The molecule has 2 rings (SSSR count). The van der Waals surface area contributed by atoms with Gasteiger partial charge in [0.15, 0.2) is 15.8 Å². The molecule has 1 amide bonds. The van der Waals surface area contributed by atoms with Crippen LogP contribution in [0.3, 0.4) is 0 Å². The molecular formula is C19H21N5O3S. The third kappa shape index (κ3) is 4.47. The van der Waals surface area contributed by atoms with E-state index in [2.05, 4.69) is 4.99 Å². The number of hydrogen-bond acceptors (Lipinski definition) is 5. The number of hydrogen-bond donors (Lipinski definition) is 2. The fourth-order valence-corrected chi connectivity index (χ4v) is 3.65. The third-order valence-corrected chi connectivity index (χ3v) is 5.30. The second-order valence-corrected chi connectivity index (χ2v) is 8.15. The average Bonchev–Trinajstić information content (AvgIpc) is 2.65. The number of carbonyl (C=O) groups excluding carboxylic acids is 1. The van der Waals surface area contributed by atoms with Crippen LogP contribution in [0, 0.1) is 11.3 Å². The van der Waals surface area contributed by atoms with E-state index in [1.165, 1.54) is 6.07 Å². The number of guanidine groups is 1. The van der Waals surface area contributed by atoms with E-state index in [0.29, 0.717) is 28.9 Å². The molecule has 0 aromatic heterocycles. The molecule has 0 aliphatic rings. The van der Waals surface area contributed by atoms with Gasteiger partial charge in [0.05, 0.1) is 22.2 Å². The minimum absolute atomic E-state index is 0.0225. The molecule has 2 aromatic carbocycles. The fraction of sp³-hybridized carbons (Fsp3) is 0.211. The molecule has 0 radical (unpaired) electrons. The summed E-state index contributed by atoms with van der Waals surface area (Å²) < 4.78 is 24.8. The predicted octanol–water partition coefficient (Wildman–Crippen LogP) is 1.71. The lowest BCUT2D eigenvalue weighted by molar-refractivity contribution is 0.100. The number of benzene rings is 2. The Morgan fingerprint density at radius 1 is 1.21 bits per heavy atom. The van der Waals surface area contributed by atoms with Crippen LogP contribution in [-0.2, 0) is 16.3 Å².